The number of halogens is 1. The van der Waals surface area contributed by atoms with E-state index in [0.29, 0.717) is 0 Å². The van der Waals surface area contributed by atoms with Gasteiger partial charge < -0.3 is 10.1 Å². The highest BCUT2D eigenvalue weighted by Crippen LogP contribution is 2.16. The summed E-state index contributed by atoms with van der Waals surface area (Å²) in [4.78, 5) is 11.4. The summed E-state index contributed by atoms with van der Waals surface area (Å²) in [5.41, 5.74) is 2.06. The first-order chi connectivity index (χ1) is 9.73. The zero-order valence-corrected chi connectivity index (χ0v) is 13.3. The van der Waals surface area contributed by atoms with Crippen molar-refractivity contribution in [1.29, 1.82) is 0 Å². The first kappa shape index (κ1) is 17.2. The zero-order chi connectivity index (χ0) is 16.0. The Morgan fingerprint density at radius 2 is 2.14 bits per heavy atom. The van der Waals surface area contributed by atoms with Gasteiger partial charge in [-0.25, -0.2) is 9.18 Å². The second-order valence-corrected chi connectivity index (χ2v) is 5.84. The molecule has 0 fully saturated rings. The molecule has 5 nitrogen and oxygen atoms in total. The van der Waals surface area contributed by atoms with Gasteiger partial charge in [-0.2, -0.15) is 5.10 Å². The number of aryl methyl sites for hydroxylation is 2. The van der Waals surface area contributed by atoms with Gasteiger partial charge in [0.15, 0.2) is 0 Å². The predicted octanol–water partition coefficient (Wildman–Crippen LogP) is 3.20. The van der Waals surface area contributed by atoms with Crippen LogP contribution in [0.25, 0.3) is 0 Å². The lowest BCUT2D eigenvalue weighted by Crippen LogP contribution is -2.32. The van der Waals surface area contributed by atoms with Crippen LogP contribution in [0, 0.1) is 6.92 Å². The van der Waals surface area contributed by atoms with Crippen LogP contribution >= 0.6 is 0 Å². The van der Waals surface area contributed by atoms with E-state index in [0.717, 1.165) is 23.4 Å². The number of H-pyrrole nitrogens is 1. The second kappa shape index (κ2) is 7.24. The first-order valence-corrected chi connectivity index (χ1v) is 7.07. The molecule has 0 aromatic carbocycles. The number of aromatic amines is 1. The molecule has 0 aliphatic carbocycles. The molecule has 1 aromatic rings. The van der Waals surface area contributed by atoms with Crippen LogP contribution in [0.3, 0.4) is 0 Å². The average molecular weight is 297 g/mol. The van der Waals surface area contributed by atoms with Gasteiger partial charge in [0.2, 0.25) is 0 Å². The Bertz CT molecular complexity index is 515. The molecule has 0 saturated heterocycles. The van der Waals surface area contributed by atoms with Crippen molar-refractivity contribution in [1.82, 2.24) is 15.5 Å². The Hall–Kier alpha value is -1.85. The molecule has 0 atom stereocenters. The van der Waals surface area contributed by atoms with Crippen molar-refractivity contribution in [2.75, 3.05) is 6.54 Å². The van der Waals surface area contributed by atoms with E-state index >= 15 is 0 Å². The fraction of sp³-hybridized carbons (Fsp3) is 0.600. The van der Waals surface area contributed by atoms with Gasteiger partial charge >= 0.3 is 6.09 Å². The third-order valence-corrected chi connectivity index (χ3v) is 2.81. The standard InChI is InChI=1S/C15H24FN3O2/c1-6-13-12(10(2)18-19-13)9-11(16)7-8-17-14(20)21-15(3,4)5/h7H,6,8-9H2,1-5H3,(H,17,20)(H,18,19)/b11-7-. The largest absolute Gasteiger partial charge is 0.444 e. The number of hydrogen-bond acceptors (Lipinski definition) is 3. The highest BCUT2D eigenvalue weighted by atomic mass is 19.1. The monoisotopic (exact) mass is 297 g/mol. The van der Waals surface area contributed by atoms with E-state index in [1.165, 1.54) is 6.08 Å². The van der Waals surface area contributed by atoms with Crippen molar-refractivity contribution < 1.29 is 13.9 Å². The summed E-state index contributed by atoms with van der Waals surface area (Å²) in [7, 11) is 0. The molecule has 1 aromatic heterocycles. The second-order valence-electron chi connectivity index (χ2n) is 5.84. The molecule has 6 heteroatoms. The van der Waals surface area contributed by atoms with Crippen molar-refractivity contribution >= 4 is 6.09 Å². The average Bonchev–Trinajstić information content (AvgIpc) is 2.68. The van der Waals surface area contributed by atoms with E-state index in [1.54, 1.807) is 20.8 Å². The number of carbonyl (C=O) groups excluding carboxylic acids is 1. The highest BCUT2D eigenvalue weighted by molar-refractivity contribution is 5.67. The third kappa shape index (κ3) is 5.97. The molecular formula is C15H24FN3O2. The van der Waals surface area contributed by atoms with E-state index in [4.69, 9.17) is 4.74 Å². The lowest BCUT2D eigenvalue weighted by atomic mass is 10.1. The summed E-state index contributed by atoms with van der Waals surface area (Å²) in [6.45, 7) is 9.27. The maximum Gasteiger partial charge on any atom is 0.407 e. The molecule has 0 aliphatic heterocycles. The molecular weight excluding hydrogens is 273 g/mol. The Morgan fingerprint density at radius 1 is 1.48 bits per heavy atom. The molecule has 0 bridgehead atoms. The Balaban J connectivity index is 2.50. The molecule has 1 heterocycles. The van der Waals surface area contributed by atoms with Crippen molar-refractivity contribution in [2.45, 2.75) is 53.1 Å². The molecule has 0 saturated carbocycles. The van der Waals surface area contributed by atoms with Gasteiger partial charge in [-0.15, -0.1) is 0 Å². The number of nitrogens with one attached hydrogen (secondary N) is 2. The number of hydrogen-bond donors (Lipinski definition) is 2. The van der Waals surface area contributed by atoms with E-state index in [9.17, 15) is 9.18 Å². The molecule has 0 spiro atoms. The third-order valence-electron chi connectivity index (χ3n) is 2.81. The normalized spacial score (nSPS) is 12.4. The quantitative estimate of drug-likeness (QED) is 0.877. The van der Waals surface area contributed by atoms with Crippen LogP contribution in [-0.4, -0.2) is 28.4 Å². The van der Waals surface area contributed by atoms with Gasteiger partial charge in [-0.05, 0) is 40.2 Å². The fourth-order valence-electron chi connectivity index (χ4n) is 1.83. The van der Waals surface area contributed by atoms with Crippen LogP contribution in [0.4, 0.5) is 9.18 Å². The molecule has 1 amide bonds. The summed E-state index contributed by atoms with van der Waals surface area (Å²) in [6.07, 6.45) is 1.72. The van der Waals surface area contributed by atoms with E-state index in [2.05, 4.69) is 15.5 Å². The molecule has 0 radical (unpaired) electrons. The van der Waals surface area contributed by atoms with Crippen LogP contribution in [0.2, 0.25) is 0 Å². The summed E-state index contributed by atoms with van der Waals surface area (Å²) in [5.74, 6) is -0.301. The predicted molar refractivity (Wildman–Crippen MR) is 79.8 cm³/mol. The van der Waals surface area contributed by atoms with Crippen LogP contribution in [-0.2, 0) is 17.6 Å². The Labute approximate surface area is 125 Å². The van der Waals surface area contributed by atoms with Gasteiger partial charge in [0, 0.05) is 24.2 Å². The number of alkyl carbamates (subject to hydrolysis) is 1. The van der Waals surface area contributed by atoms with E-state index < -0.39 is 11.7 Å². The van der Waals surface area contributed by atoms with Crippen LogP contribution in [0.5, 0.6) is 0 Å². The molecule has 1 rings (SSSR count). The van der Waals surface area contributed by atoms with Gasteiger partial charge in [0.25, 0.3) is 0 Å². The topological polar surface area (TPSA) is 67.0 Å². The van der Waals surface area contributed by atoms with Gasteiger partial charge in [-0.3, -0.25) is 5.10 Å². The summed E-state index contributed by atoms with van der Waals surface area (Å²) < 4.78 is 18.9. The van der Waals surface area contributed by atoms with Crippen molar-refractivity contribution in [3.63, 3.8) is 0 Å². The number of amides is 1. The van der Waals surface area contributed by atoms with Crippen molar-refractivity contribution in [3.8, 4) is 0 Å². The molecule has 21 heavy (non-hydrogen) atoms. The lowest BCUT2D eigenvalue weighted by Gasteiger charge is -2.19. The van der Waals surface area contributed by atoms with Gasteiger partial charge in [-0.1, -0.05) is 6.92 Å². The van der Waals surface area contributed by atoms with Crippen LogP contribution in [0.15, 0.2) is 11.9 Å². The highest BCUT2D eigenvalue weighted by Gasteiger charge is 2.15. The van der Waals surface area contributed by atoms with Gasteiger partial charge in [0.05, 0.1) is 5.69 Å². The summed E-state index contributed by atoms with van der Waals surface area (Å²) >= 11 is 0. The zero-order valence-electron chi connectivity index (χ0n) is 13.3. The molecule has 118 valence electrons. The summed E-state index contributed by atoms with van der Waals surface area (Å²) in [6, 6.07) is 0. The molecule has 0 unspecified atom stereocenters. The number of aromatic nitrogens is 2. The van der Waals surface area contributed by atoms with Crippen molar-refractivity contribution in [3.05, 3.63) is 28.9 Å². The maximum atomic E-state index is 13.9. The number of carbonyl (C=O) groups is 1. The first-order valence-electron chi connectivity index (χ1n) is 7.07. The number of ether oxygens (including phenoxy) is 1. The number of rotatable bonds is 5. The summed E-state index contributed by atoms with van der Waals surface area (Å²) in [5, 5.41) is 9.48. The maximum absolute atomic E-state index is 13.9. The minimum absolute atomic E-state index is 0.0963. The van der Waals surface area contributed by atoms with Gasteiger partial charge in [0.1, 0.15) is 11.4 Å². The fourth-order valence-corrected chi connectivity index (χ4v) is 1.83. The molecule has 0 aliphatic rings. The van der Waals surface area contributed by atoms with E-state index in [1.807, 2.05) is 13.8 Å². The van der Waals surface area contributed by atoms with Crippen LogP contribution < -0.4 is 5.32 Å². The smallest absolute Gasteiger partial charge is 0.407 e. The van der Waals surface area contributed by atoms with Crippen molar-refractivity contribution in [2.24, 2.45) is 0 Å². The molecule has 2 N–H and O–H groups in total. The minimum atomic E-state index is -0.559. The number of nitrogens with zero attached hydrogens (tertiary/aromatic N) is 1. The lowest BCUT2D eigenvalue weighted by molar-refractivity contribution is 0.0534. The Kier molecular flexibility index (Phi) is 5.93. The number of allylic oxidation sites excluding steroid dienone is 1. The van der Waals surface area contributed by atoms with Crippen LogP contribution in [0.1, 0.15) is 44.6 Å². The van der Waals surface area contributed by atoms with E-state index in [-0.39, 0.29) is 18.8 Å². The SMILES string of the molecule is CCc1n[nH]c(C)c1C/C(F)=C/CNC(=O)OC(C)(C)C. The Morgan fingerprint density at radius 3 is 2.71 bits per heavy atom. The minimum Gasteiger partial charge on any atom is -0.444 e.